The van der Waals surface area contributed by atoms with Gasteiger partial charge in [0.05, 0.1) is 0 Å². The molecule has 292 valence electrons. The van der Waals surface area contributed by atoms with Crippen LogP contribution in [0.3, 0.4) is 0 Å². The fourth-order valence-corrected chi connectivity index (χ4v) is 10.4. The van der Waals surface area contributed by atoms with Crippen LogP contribution in [0.15, 0.2) is 136 Å². The van der Waals surface area contributed by atoms with Crippen molar-refractivity contribution in [2.45, 2.75) is 90.9 Å². The molecule has 0 atom stereocenters. The van der Waals surface area contributed by atoms with Crippen LogP contribution in [0.5, 0.6) is 0 Å². The first-order chi connectivity index (χ1) is 28.0. The highest BCUT2D eigenvalue weighted by Gasteiger charge is 2.40. The van der Waals surface area contributed by atoms with E-state index in [1.165, 1.54) is 66.4 Å². The van der Waals surface area contributed by atoms with Crippen molar-refractivity contribution in [3.8, 4) is 22.3 Å². The van der Waals surface area contributed by atoms with Crippen molar-refractivity contribution in [2.24, 2.45) is 0 Å². The first-order valence-electron chi connectivity index (χ1n) is 21.2. The number of nitrogens with zero attached hydrogens (tertiary/aromatic N) is 1. The molecule has 7 aromatic carbocycles. The van der Waals surface area contributed by atoms with E-state index in [9.17, 15) is 0 Å². The lowest BCUT2D eigenvalue weighted by atomic mass is 9.79. The van der Waals surface area contributed by atoms with Gasteiger partial charge in [-0.05, 0) is 110 Å². The fourth-order valence-electron chi connectivity index (χ4n) is 10.4. The Morgan fingerprint density at radius 3 is 1.78 bits per heavy atom. The van der Waals surface area contributed by atoms with Gasteiger partial charge in [-0.3, -0.25) is 0 Å². The lowest BCUT2D eigenvalue weighted by Gasteiger charge is -2.29. The third kappa shape index (κ3) is 5.06. The molecule has 0 fully saturated rings. The zero-order chi connectivity index (χ0) is 41.0. The molecular formula is C56H51NO2. The van der Waals surface area contributed by atoms with Gasteiger partial charge in [0.2, 0.25) is 0 Å². The minimum Gasteiger partial charge on any atom is -0.456 e. The molecule has 3 nitrogen and oxygen atoms in total. The largest absolute Gasteiger partial charge is 0.456 e. The zero-order valence-corrected chi connectivity index (χ0v) is 35.9. The Hall–Kier alpha value is -6.06. The van der Waals surface area contributed by atoms with Crippen LogP contribution >= 0.6 is 0 Å². The van der Waals surface area contributed by atoms with Crippen LogP contribution in [0.4, 0.5) is 17.1 Å². The Kier molecular flexibility index (Phi) is 7.20. The summed E-state index contributed by atoms with van der Waals surface area (Å²) in [5.41, 5.74) is 19.7. The average Bonchev–Trinajstić information content (AvgIpc) is 3.89. The molecule has 2 aliphatic carbocycles. The predicted octanol–water partition coefficient (Wildman–Crippen LogP) is 16.2. The van der Waals surface area contributed by atoms with Gasteiger partial charge in [-0.2, -0.15) is 0 Å². The minimum atomic E-state index is -0.255. The van der Waals surface area contributed by atoms with E-state index in [2.05, 4.69) is 195 Å². The lowest BCUT2D eigenvalue weighted by molar-refractivity contribution is 0.559. The van der Waals surface area contributed by atoms with Crippen molar-refractivity contribution < 1.29 is 8.83 Å². The van der Waals surface area contributed by atoms with E-state index in [1.807, 2.05) is 6.07 Å². The normalized spacial score (nSPS) is 15.2. The molecule has 59 heavy (non-hydrogen) atoms. The summed E-state index contributed by atoms with van der Waals surface area (Å²) in [7, 11) is 0. The van der Waals surface area contributed by atoms with Gasteiger partial charge in [-0.1, -0.05) is 142 Å². The second-order valence-electron chi connectivity index (χ2n) is 20.2. The van der Waals surface area contributed by atoms with Crippen molar-refractivity contribution in [1.29, 1.82) is 0 Å². The van der Waals surface area contributed by atoms with Crippen molar-refractivity contribution in [2.75, 3.05) is 4.90 Å². The Bertz CT molecular complexity index is 3240. The Morgan fingerprint density at radius 2 is 1.03 bits per heavy atom. The maximum absolute atomic E-state index is 7.13. The standard InChI is InChI=1S/C56H51NO2/c1-53(2,3)32-27-42-39-24-25-44-50(52(39)59-51(42)47(28-32)54(4,5)6)40-23-20-35(31-46(40)56(44,9)10)57(33-21-26-49-41(29-33)38-16-12-14-18-48(38)58-49)34-19-22-37-36-15-11-13-17-43(36)55(7,8)45(37)30-34/h11-31H,1-10H3. The number of para-hydroxylation sites is 1. The lowest BCUT2D eigenvalue weighted by Crippen LogP contribution is -2.18. The van der Waals surface area contributed by atoms with Crippen LogP contribution in [-0.2, 0) is 21.7 Å². The average molecular weight is 770 g/mol. The fraction of sp³-hybridized carbons (Fsp3) is 0.250. The SMILES string of the molecule is CC(C)(C)c1cc(C(C)(C)C)c2oc3c4c(ccc3c2c1)C(C)(C)c1cc(N(c2ccc3c(c2)C(C)(C)c2ccccc2-3)c2ccc3oc5ccccc5c3c2)ccc1-4. The number of fused-ring (bicyclic) bond motifs is 13. The van der Waals surface area contributed by atoms with E-state index in [-0.39, 0.29) is 21.7 Å². The van der Waals surface area contributed by atoms with Gasteiger partial charge in [0.15, 0.2) is 0 Å². The highest BCUT2D eigenvalue weighted by Crippen LogP contribution is 2.56. The number of benzene rings is 7. The van der Waals surface area contributed by atoms with Crippen molar-refractivity contribution in [3.05, 3.63) is 161 Å². The number of hydrogen-bond donors (Lipinski definition) is 0. The summed E-state index contributed by atoms with van der Waals surface area (Å²) >= 11 is 0. The summed E-state index contributed by atoms with van der Waals surface area (Å²) in [6, 6.07) is 47.5. The van der Waals surface area contributed by atoms with Crippen LogP contribution in [0.25, 0.3) is 66.1 Å². The molecule has 9 aromatic rings. The Labute approximate surface area is 347 Å². The summed E-state index contributed by atoms with van der Waals surface area (Å²) in [4.78, 5) is 2.44. The van der Waals surface area contributed by atoms with E-state index in [4.69, 9.17) is 8.83 Å². The second-order valence-corrected chi connectivity index (χ2v) is 20.2. The van der Waals surface area contributed by atoms with E-state index >= 15 is 0 Å². The Morgan fingerprint density at radius 1 is 0.424 bits per heavy atom. The maximum Gasteiger partial charge on any atom is 0.143 e. The van der Waals surface area contributed by atoms with Gasteiger partial charge in [0.1, 0.15) is 22.3 Å². The Balaban J connectivity index is 1.13. The van der Waals surface area contributed by atoms with Crippen LogP contribution in [-0.4, -0.2) is 0 Å². The summed E-state index contributed by atoms with van der Waals surface area (Å²) in [6.45, 7) is 23.3. The summed E-state index contributed by atoms with van der Waals surface area (Å²) in [5, 5.41) is 4.63. The van der Waals surface area contributed by atoms with Gasteiger partial charge in [0.25, 0.3) is 0 Å². The number of furan rings is 2. The van der Waals surface area contributed by atoms with Crippen molar-refractivity contribution in [3.63, 3.8) is 0 Å². The molecule has 0 radical (unpaired) electrons. The van der Waals surface area contributed by atoms with Crippen LogP contribution in [0, 0.1) is 0 Å². The molecule has 2 heterocycles. The molecule has 0 bridgehead atoms. The van der Waals surface area contributed by atoms with Crippen LogP contribution in [0.1, 0.15) is 103 Å². The molecule has 11 rings (SSSR count). The van der Waals surface area contributed by atoms with E-state index in [0.717, 1.165) is 50.2 Å². The number of rotatable bonds is 3. The van der Waals surface area contributed by atoms with Gasteiger partial charge in [-0.15, -0.1) is 0 Å². The predicted molar refractivity (Wildman–Crippen MR) is 248 cm³/mol. The molecule has 0 N–H and O–H groups in total. The van der Waals surface area contributed by atoms with Gasteiger partial charge < -0.3 is 13.7 Å². The summed E-state index contributed by atoms with van der Waals surface area (Å²) in [5.74, 6) is 0. The maximum atomic E-state index is 7.13. The molecule has 0 saturated carbocycles. The molecule has 0 unspecified atom stereocenters. The summed E-state index contributed by atoms with van der Waals surface area (Å²) in [6.07, 6.45) is 0. The molecule has 3 heteroatoms. The highest BCUT2D eigenvalue weighted by molar-refractivity contribution is 6.13. The van der Waals surface area contributed by atoms with E-state index in [0.29, 0.717) is 0 Å². The quantitative estimate of drug-likeness (QED) is 0.179. The minimum absolute atomic E-state index is 0.0131. The topological polar surface area (TPSA) is 29.5 Å². The molecule has 2 aliphatic rings. The molecule has 0 saturated heterocycles. The second kappa shape index (κ2) is 11.8. The van der Waals surface area contributed by atoms with Crippen LogP contribution in [0.2, 0.25) is 0 Å². The van der Waals surface area contributed by atoms with Crippen LogP contribution < -0.4 is 4.90 Å². The first kappa shape index (κ1) is 36.1. The van der Waals surface area contributed by atoms with Gasteiger partial charge in [-0.25, -0.2) is 0 Å². The van der Waals surface area contributed by atoms with Gasteiger partial charge in [0, 0.05) is 60.6 Å². The van der Waals surface area contributed by atoms with Gasteiger partial charge >= 0.3 is 0 Å². The third-order valence-electron chi connectivity index (χ3n) is 13.7. The first-order valence-corrected chi connectivity index (χ1v) is 21.2. The summed E-state index contributed by atoms with van der Waals surface area (Å²) < 4.78 is 13.4. The number of hydrogen-bond acceptors (Lipinski definition) is 3. The van der Waals surface area contributed by atoms with E-state index in [1.54, 1.807) is 0 Å². The molecule has 2 aromatic heterocycles. The van der Waals surface area contributed by atoms with Crippen molar-refractivity contribution in [1.82, 2.24) is 0 Å². The molecule has 0 amide bonds. The number of anilines is 3. The molecular weight excluding hydrogens is 719 g/mol. The van der Waals surface area contributed by atoms with Crippen molar-refractivity contribution >= 4 is 60.9 Å². The third-order valence-corrected chi connectivity index (χ3v) is 13.7. The zero-order valence-electron chi connectivity index (χ0n) is 35.9. The monoisotopic (exact) mass is 769 g/mol. The molecule has 0 aliphatic heterocycles. The molecule has 0 spiro atoms. The smallest absolute Gasteiger partial charge is 0.143 e. The highest BCUT2D eigenvalue weighted by atomic mass is 16.3. The van der Waals surface area contributed by atoms with E-state index < -0.39 is 0 Å².